The second kappa shape index (κ2) is 5.29. The summed E-state index contributed by atoms with van der Waals surface area (Å²) in [5.41, 5.74) is 5.62. The third kappa shape index (κ3) is 2.65. The van der Waals surface area contributed by atoms with Crippen LogP contribution in [0.2, 0.25) is 5.02 Å². The highest BCUT2D eigenvalue weighted by molar-refractivity contribution is 7.09. The Morgan fingerprint density at radius 1 is 1.47 bits per heavy atom. The van der Waals surface area contributed by atoms with Crippen molar-refractivity contribution >= 4 is 34.6 Å². The van der Waals surface area contributed by atoms with Crippen LogP contribution in [-0.4, -0.2) is 15.0 Å². The third-order valence-electron chi connectivity index (χ3n) is 2.29. The number of nitrogens with one attached hydrogen (secondary N) is 1. The Balaban J connectivity index is 2.22. The van der Waals surface area contributed by atoms with Gasteiger partial charge in [0.15, 0.2) is 5.82 Å². The first-order valence-electron chi connectivity index (χ1n) is 5.14. The van der Waals surface area contributed by atoms with E-state index in [0.717, 1.165) is 11.4 Å². The Kier molecular flexibility index (Phi) is 3.75. The van der Waals surface area contributed by atoms with Crippen LogP contribution < -0.4 is 11.1 Å². The zero-order chi connectivity index (χ0) is 12.3. The zero-order valence-electron chi connectivity index (χ0n) is 9.22. The largest absolute Gasteiger partial charge is 0.382 e. The Bertz CT molecular complexity index is 487. The average molecular weight is 270 g/mol. The quantitative estimate of drug-likeness (QED) is 0.892. The fourth-order valence-electron chi connectivity index (χ4n) is 1.39. The van der Waals surface area contributed by atoms with Crippen molar-refractivity contribution in [1.82, 2.24) is 15.0 Å². The van der Waals surface area contributed by atoms with E-state index in [1.165, 1.54) is 6.33 Å². The molecule has 0 bridgehead atoms. The van der Waals surface area contributed by atoms with Crippen molar-refractivity contribution in [1.29, 1.82) is 0 Å². The van der Waals surface area contributed by atoms with Crippen LogP contribution in [0.5, 0.6) is 0 Å². The molecular weight excluding hydrogens is 258 g/mol. The maximum absolute atomic E-state index is 6.03. The minimum absolute atomic E-state index is 0.0850. The fraction of sp³-hybridized carbons (Fsp3) is 0.300. The minimum atomic E-state index is 0.0850. The van der Waals surface area contributed by atoms with E-state index in [4.69, 9.17) is 17.3 Å². The summed E-state index contributed by atoms with van der Waals surface area (Å²) in [7, 11) is 0. The van der Waals surface area contributed by atoms with E-state index in [0.29, 0.717) is 10.8 Å². The fourth-order valence-corrected chi connectivity index (χ4v) is 2.32. The molecule has 1 atom stereocenters. The van der Waals surface area contributed by atoms with E-state index < -0.39 is 0 Å². The second-order valence-electron chi connectivity index (χ2n) is 3.40. The van der Waals surface area contributed by atoms with E-state index >= 15 is 0 Å². The summed E-state index contributed by atoms with van der Waals surface area (Å²) in [6.45, 7) is 2.07. The molecule has 2 heterocycles. The molecule has 0 saturated heterocycles. The van der Waals surface area contributed by atoms with Gasteiger partial charge in [0.05, 0.1) is 6.04 Å². The van der Waals surface area contributed by atoms with Crippen molar-refractivity contribution in [3.05, 3.63) is 27.9 Å². The van der Waals surface area contributed by atoms with Gasteiger partial charge < -0.3 is 11.1 Å². The first kappa shape index (κ1) is 12.1. The van der Waals surface area contributed by atoms with Crippen LogP contribution in [0.15, 0.2) is 17.9 Å². The summed E-state index contributed by atoms with van der Waals surface area (Å²) in [4.78, 5) is 12.2. The van der Waals surface area contributed by atoms with Crippen LogP contribution in [0.1, 0.15) is 24.4 Å². The number of nitrogen functional groups attached to an aromatic ring is 1. The summed E-state index contributed by atoms with van der Waals surface area (Å²) in [5, 5.41) is 6.52. The number of aromatic nitrogens is 3. The van der Waals surface area contributed by atoms with Gasteiger partial charge >= 0.3 is 0 Å². The molecule has 90 valence electrons. The predicted molar refractivity (Wildman–Crippen MR) is 70.2 cm³/mol. The Morgan fingerprint density at radius 3 is 2.94 bits per heavy atom. The molecule has 2 rings (SSSR count). The number of anilines is 2. The molecule has 5 nitrogen and oxygen atoms in total. The lowest BCUT2D eigenvalue weighted by molar-refractivity contribution is 0.737. The Hall–Kier alpha value is -1.40. The topological polar surface area (TPSA) is 76.7 Å². The van der Waals surface area contributed by atoms with E-state index in [2.05, 4.69) is 27.2 Å². The van der Waals surface area contributed by atoms with Crippen LogP contribution >= 0.6 is 22.9 Å². The van der Waals surface area contributed by atoms with Gasteiger partial charge in [-0.05, 0) is 6.42 Å². The molecule has 0 fully saturated rings. The number of hydrogen-bond acceptors (Lipinski definition) is 6. The molecule has 0 spiro atoms. The lowest BCUT2D eigenvalue weighted by atomic mass is 10.2. The molecule has 1 unspecified atom stereocenters. The number of nitrogens with two attached hydrogens (primary N) is 1. The van der Waals surface area contributed by atoms with Crippen LogP contribution in [0.4, 0.5) is 11.6 Å². The number of nitrogens with zero attached hydrogens (tertiary/aromatic N) is 3. The molecular formula is C10H12ClN5S. The standard InChI is InChI=1S/C10H12ClN5S/c1-2-6(10-13-3-4-17-10)16-9-7(11)8(12)14-5-15-9/h3-6H,2H2,1H3,(H3,12,14,15,16). The summed E-state index contributed by atoms with van der Waals surface area (Å²) in [6, 6.07) is 0.0850. The monoisotopic (exact) mass is 269 g/mol. The Morgan fingerprint density at radius 2 is 2.29 bits per heavy atom. The molecule has 0 aliphatic heterocycles. The summed E-state index contributed by atoms with van der Waals surface area (Å²) >= 11 is 7.62. The van der Waals surface area contributed by atoms with Gasteiger partial charge in [0.2, 0.25) is 0 Å². The molecule has 0 aliphatic carbocycles. The van der Waals surface area contributed by atoms with Gasteiger partial charge in [-0.25, -0.2) is 15.0 Å². The van der Waals surface area contributed by atoms with E-state index in [-0.39, 0.29) is 11.9 Å². The van der Waals surface area contributed by atoms with Gasteiger partial charge in [-0.1, -0.05) is 18.5 Å². The summed E-state index contributed by atoms with van der Waals surface area (Å²) in [6.07, 6.45) is 4.05. The smallest absolute Gasteiger partial charge is 0.151 e. The van der Waals surface area contributed by atoms with Crippen molar-refractivity contribution in [3.63, 3.8) is 0 Å². The highest BCUT2D eigenvalue weighted by Crippen LogP contribution is 2.29. The third-order valence-corrected chi connectivity index (χ3v) is 3.55. The SMILES string of the molecule is CCC(Nc1ncnc(N)c1Cl)c1nccs1. The molecule has 7 heteroatoms. The lowest BCUT2D eigenvalue weighted by Gasteiger charge is -2.16. The predicted octanol–water partition coefficient (Wildman–Crippen LogP) is 2.73. The van der Waals surface area contributed by atoms with Gasteiger partial charge in [0.25, 0.3) is 0 Å². The maximum atomic E-state index is 6.03. The van der Waals surface area contributed by atoms with Gasteiger partial charge in [-0.2, -0.15) is 0 Å². The van der Waals surface area contributed by atoms with Gasteiger partial charge in [-0.15, -0.1) is 11.3 Å². The molecule has 0 amide bonds. The summed E-state index contributed by atoms with van der Waals surface area (Å²) < 4.78 is 0. The highest BCUT2D eigenvalue weighted by atomic mass is 35.5. The molecule has 0 radical (unpaired) electrons. The first-order valence-corrected chi connectivity index (χ1v) is 6.40. The normalized spacial score (nSPS) is 12.4. The van der Waals surface area contributed by atoms with E-state index in [1.807, 2.05) is 5.38 Å². The zero-order valence-corrected chi connectivity index (χ0v) is 10.8. The molecule has 2 aromatic heterocycles. The van der Waals surface area contributed by atoms with Crippen LogP contribution in [0.3, 0.4) is 0 Å². The average Bonchev–Trinajstić information content (AvgIpc) is 2.85. The molecule has 3 N–H and O–H groups in total. The van der Waals surface area contributed by atoms with Crippen LogP contribution in [-0.2, 0) is 0 Å². The van der Waals surface area contributed by atoms with Crippen molar-refractivity contribution in [3.8, 4) is 0 Å². The minimum Gasteiger partial charge on any atom is -0.382 e. The number of hydrogen-bond donors (Lipinski definition) is 2. The maximum Gasteiger partial charge on any atom is 0.151 e. The van der Waals surface area contributed by atoms with Crippen molar-refractivity contribution in [2.24, 2.45) is 0 Å². The van der Waals surface area contributed by atoms with Gasteiger partial charge in [-0.3, -0.25) is 0 Å². The molecule has 2 aromatic rings. The van der Waals surface area contributed by atoms with E-state index in [9.17, 15) is 0 Å². The van der Waals surface area contributed by atoms with Gasteiger partial charge in [0, 0.05) is 11.6 Å². The summed E-state index contributed by atoms with van der Waals surface area (Å²) in [5.74, 6) is 0.819. The number of thiazole rings is 1. The Labute approximate surface area is 108 Å². The van der Waals surface area contributed by atoms with Crippen molar-refractivity contribution in [2.75, 3.05) is 11.1 Å². The highest BCUT2D eigenvalue weighted by Gasteiger charge is 2.15. The molecule has 0 saturated carbocycles. The van der Waals surface area contributed by atoms with Gasteiger partial charge in [0.1, 0.15) is 22.2 Å². The van der Waals surface area contributed by atoms with Crippen LogP contribution in [0.25, 0.3) is 0 Å². The van der Waals surface area contributed by atoms with Crippen molar-refractivity contribution < 1.29 is 0 Å². The van der Waals surface area contributed by atoms with E-state index in [1.54, 1.807) is 17.5 Å². The lowest BCUT2D eigenvalue weighted by Crippen LogP contribution is -2.11. The van der Waals surface area contributed by atoms with Crippen LogP contribution in [0, 0.1) is 0 Å². The molecule has 0 aliphatic rings. The second-order valence-corrected chi connectivity index (χ2v) is 4.70. The number of halogens is 1. The first-order chi connectivity index (χ1) is 8.22. The number of rotatable bonds is 4. The molecule has 17 heavy (non-hydrogen) atoms. The van der Waals surface area contributed by atoms with Crippen molar-refractivity contribution in [2.45, 2.75) is 19.4 Å². The molecule has 0 aromatic carbocycles.